The Balaban J connectivity index is 0.637. The van der Waals surface area contributed by atoms with Crippen molar-refractivity contribution in [3.63, 3.8) is 0 Å². The van der Waals surface area contributed by atoms with E-state index in [0.29, 0.717) is 48.0 Å². The van der Waals surface area contributed by atoms with E-state index in [9.17, 15) is 19.5 Å². The third kappa shape index (κ3) is 7.54. The van der Waals surface area contributed by atoms with Crippen molar-refractivity contribution in [2.24, 2.45) is 0 Å². The van der Waals surface area contributed by atoms with Crippen molar-refractivity contribution < 1.29 is 23.9 Å². The van der Waals surface area contributed by atoms with Crippen LogP contribution in [0.3, 0.4) is 0 Å². The van der Waals surface area contributed by atoms with Crippen LogP contribution in [0, 0.1) is 5.82 Å². The molecule has 4 aliphatic heterocycles. The Hall–Kier alpha value is -5.97. The Kier molecular flexibility index (Phi) is 10.3. The predicted molar refractivity (Wildman–Crippen MR) is 240 cm³/mol. The highest BCUT2D eigenvalue weighted by molar-refractivity contribution is 6.05. The maximum Gasteiger partial charge on any atom is 0.255 e. The molecule has 7 heterocycles. The van der Waals surface area contributed by atoms with Gasteiger partial charge in [-0.3, -0.25) is 29.2 Å². The molecule has 0 spiro atoms. The fourth-order valence-electron chi connectivity index (χ4n) is 10.5. The number of fused-ring (bicyclic) bond motifs is 3. The largest absolute Gasteiger partial charge is 0.384 e. The van der Waals surface area contributed by atoms with Crippen molar-refractivity contribution in [2.45, 2.75) is 101 Å². The molecule has 2 atom stereocenters. The molecule has 3 aromatic heterocycles. The maximum atomic E-state index is 15.4. The number of aryl methyl sites for hydroxylation is 1. The lowest BCUT2D eigenvalue weighted by atomic mass is 9.98. The fraction of sp³-hybridized carbons (Fsp3) is 0.458. The van der Waals surface area contributed by atoms with Crippen LogP contribution in [0.4, 0.5) is 27.4 Å². The standard InChI is InChI=1S/C48H54FN11O4/c1-2-48(64)16-13-29-5-11-41(54-43(29)48)60-39(28-3-4-28)21-30-24-52-47(56-44(30)60)53-34-8-6-32(7-9-34)50-17-18-51-33-14-19-57(20-15-33)35-26-58(27-35)40-22-31-25-59(46(63)36(31)23-37(40)49)38-10-12-42(61)55-45(38)62/h5-9,11,21-24,28,33,35,38,50-51,64H,2-4,10,12-20,25-27H2,1H3,(H,52,53,56)(H,55,61,62)/t38?,48-/m1/s1. The van der Waals surface area contributed by atoms with Gasteiger partial charge in [0, 0.05) is 98.5 Å². The molecule has 11 rings (SSSR count). The highest BCUT2D eigenvalue weighted by atomic mass is 19.1. The van der Waals surface area contributed by atoms with Crippen LogP contribution in [0.2, 0.25) is 0 Å². The van der Waals surface area contributed by atoms with Gasteiger partial charge in [-0.25, -0.2) is 14.4 Å². The topological polar surface area (TPSA) is 173 Å². The summed E-state index contributed by atoms with van der Waals surface area (Å²) >= 11 is 0. The number of aliphatic hydroxyl groups is 1. The third-order valence-corrected chi connectivity index (χ3v) is 14.5. The summed E-state index contributed by atoms with van der Waals surface area (Å²) in [5, 5.41) is 25.2. The number of amides is 3. The molecule has 2 aromatic carbocycles. The first kappa shape index (κ1) is 40.8. The molecule has 1 unspecified atom stereocenters. The molecular formula is C48H54FN11O4. The molecule has 16 heteroatoms. The minimum atomic E-state index is -0.883. The van der Waals surface area contributed by atoms with Gasteiger partial charge in [-0.1, -0.05) is 13.0 Å². The summed E-state index contributed by atoms with van der Waals surface area (Å²) in [5.41, 5.74) is 6.48. The maximum absolute atomic E-state index is 15.4. The summed E-state index contributed by atoms with van der Waals surface area (Å²) in [4.78, 5) is 57.9. The van der Waals surface area contributed by atoms with Gasteiger partial charge in [-0.15, -0.1) is 0 Å². The quantitative estimate of drug-likeness (QED) is 0.0772. The monoisotopic (exact) mass is 867 g/mol. The highest BCUT2D eigenvalue weighted by Crippen LogP contribution is 2.44. The number of halogens is 1. The van der Waals surface area contributed by atoms with E-state index in [-0.39, 0.29) is 31.2 Å². The number of piperidine rings is 2. The molecule has 0 radical (unpaired) electrons. The lowest BCUT2D eigenvalue weighted by molar-refractivity contribution is -0.136. The second kappa shape index (κ2) is 16.2. The molecule has 0 bridgehead atoms. The fourth-order valence-corrected chi connectivity index (χ4v) is 10.5. The molecule has 5 aromatic rings. The van der Waals surface area contributed by atoms with Crippen molar-refractivity contribution in [1.82, 2.24) is 40.0 Å². The number of benzene rings is 2. The summed E-state index contributed by atoms with van der Waals surface area (Å²) in [6.07, 6.45) is 8.91. The number of rotatable bonds is 13. The number of hydrogen-bond acceptors (Lipinski definition) is 12. The lowest BCUT2D eigenvalue weighted by Crippen LogP contribution is -2.62. The number of anilines is 4. The van der Waals surface area contributed by atoms with Crippen LogP contribution in [0.15, 0.2) is 60.8 Å². The molecule has 1 saturated carbocycles. The zero-order valence-electron chi connectivity index (χ0n) is 36.1. The normalized spacial score (nSPS) is 22.8. The second-order valence-electron chi connectivity index (χ2n) is 18.5. The number of carbonyl (C=O) groups is 3. The Labute approximate surface area is 370 Å². The van der Waals surface area contributed by atoms with E-state index < -0.39 is 23.4 Å². The lowest BCUT2D eigenvalue weighted by Gasteiger charge is -2.48. The van der Waals surface area contributed by atoms with Crippen molar-refractivity contribution in [2.75, 3.05) is 54.8 Å². The number of imide groups is 1. The van der Waals surface area contributed by atoms with Gasteiger partial charge in [0.2, 0.25) is 17.8 Å². The Morgan fingerprint density at radius 2 is 1.70 bits per heavy atom. The first-order valence-corrected chi connectivity index (χ1v) is 23.0. The number of hydrogen-bond donors (Lipinski definition) is 5. The van der Waals surface area contributed by atoms with E-state index in [2.05, 4.69) is 66.0 Å². The van der Waals surface area contributed by atoms with Crippen LogP contribution < -0.4 is 26.2 Å². The zero-order chi connectivity index (χ0) is 43.7. The molecule has 15 nitrogen and oxygen atoms in total. The van der Waals surface area contributed by atoms with Crippen LogP contribution in [0.1, 0.15) is 97.1 Å². The van der Waals surface area contributed by atoms with Crippen molar-refractivity contribution in [3.05, 3.63) is 94.7 Å². The number of nitrogens with one attached hydrogen (secondary N) is 4. The molecule has 5 N–H and O–H groups in total. The number of nitrogens with zero attached hydrogens (tertiary/aromatic N) is 7. The van der Waals surface area contributed by atoms with Crippen LogP contribution in [0.25, 0.3) is 16.9 Å². The van der Waals surface area contributed by atoms with Crippen LogP contribution in [-0.2, 0) is 28.2 Å². The second-order valence-corrected chi connectivity index (χ2v) is 18.5. The van der Waals surface area contributed by atoms with Gasteiger partial charge in [0.25, 0.3) is 5.91 Å². The zero-order valence-corrected chi connectivity index (χ0v) is 36.1. The molecule has 2 aliphatic carbocycles. The summed E-state index contributed by atoms with van der Waals surface area (Å²) in [6, 6.07) is 17.7. The third-order valence-electron chi connectivity index (χ3n) is 14.5. The first-order valence-electron chi connectivity index (χ1n) is 23.0. The number of likely N-dealkylation sites (tertiary alicyclic amines) is 1. The first-order chi connectivity index (χ1) is 31.1. The minimum Gasteiger partial charge on any atom is -0.384 e. The van der Waals surface area contributed by atoms with E-state index in [4.69, 9.17) is 9.97 Å². The molecule has 64 heavy (non-hydrogen) atoms. The summed E-state index contributed by atoms with van der Waals surface area (Å²) in [5.74, 6) is 0.193. The van der Waals surface area contributed by atoms with Gasteiger partial charge in [0.15, 0.2) is 5.65 Å². The molecule has 3 amide bonds. The van der Waals surface area contributed by atoms with E-state index in [1.807, 2.05) is 30.2 Å². The average molecular weight is 868 g/mol. The van der Waals surface area contributed by atoms with Gasteiger partial charge in [0.05, 0.1) is 11.4 Å². The van der Waals surface area contributed by atoms with Gasteiger partial charge in [-0.2, -0.15) is 4.98 Å². The van der Waals surface area contributed by atoms with Crippen molar-refractivity contribution >= 4 is 51.8 Å². The molecule has 332 valence electrons. The number of carbonyl (C=O) groups excluding carboxylic acids is 3. The van der Waals surface area contributed by atoms with Crippen molar-refractivity contribution in [3.8, 4) is 5.82 Å². The van der Waals surface area contributed by atoms with Gasteiger partial charge in [-0.05, 0) is 117 Å². The molecule has 4 fully saturated rings. The van der Waals surface area contributed by atoms with Crippen LogP contribution in [0.5, 0.6) is 0 Å². The minimum absolute atomic E-state index is 0.183. The molecule has 3 saturated heterocycles. The number of pyridine rings is 1. The van der Waals surface area contributed by atoms with E-state index >= 15 is 4.39 Å². The molecule has 6 aliphatic rings. The summed E-state index contributed by atoms with van der Waals surface area (Å²) in [7, 11) is 0. The van der Waals surface area contributed by atoms with E-state index in [1.54, 1.807) is 6.07 Å². The average Bonchev–Trinajstić information content (AvgIpc) is 3.89. The van der Waals surface area contributed by atoms with E-state index in [1.165, 1.54) is 16.7 Å². The van der Waals surface area contributed by atoms with Crippen LogP contribution in [-0.4, -0.2) is 110 Å². The van der Waals surface area contributed by atoms with Gasteiger partial charge >= 0.3 is 0 Å². The Morgan fingerprint density at radius 3 is 2.47 bits per heavy atom. The predicted octanol–water partition coefficient (Wildman–Crippen LogP) is 5.24. The summed E-state index contributed by atoms with van der Waals surface area (Å²) in [6.45, 7) is 7.32. The Morgan fingerprint density at radius 1 is 0.906 bits per heavy atom. The van der Waals surface area contributed by atoms with Gasteiger partial charge in [0.1, 0.15) is 23.3 Å². The summed E-state index contributed by atoms with van der Waals surface area (Å²) < 4.78 is 17.5. The number of aromatic nitrogens is 4. The Bertz CT molecular complexity index is 2650. The van der Waals surface area contributed by atoms with Crippen LogP contribution >= 0.6 is 0 Å². The smallest absolute Gasteiger partial charge is 0.255 e. The van der Waals surface area contributed by atoms with E-state index in [0.717, 1.165) is 116 Å². The highest BCUT2D eigenvalue weighted by Gasteiger charge is 2.42. The van der Waals surface area contributed by atoms with Crippen molar-refractivity contribution in [1.29, 1.82) is 0 Å². The SMILES string of the molecule is CC[C@@]1(O)CCc2ccc(-n3c(C4CC4)cc4cnc(Nc5ccc(NCCNC6CCN(C7CN(c8cc9c(cc8F)C(=O)N(C8CCC(=O)NC8=O)C9)C7)CC6)cc5)nc43)nc21. The van der Waals surface area contributed by atoms with Gasteiger partial charge < -0.3 is 30.9 Å². The molecular weight excluding hydrogens is 814 g/mol.